The topological polar surface area (TPSA) is 105 Å². The number of anilines is 1. The number of rotatable bonds is 2. The van der Waals surface area contributed by atoms with E-state index in [4.69, 9.17) is 19.9 Å². The number of ether oxygens (including phenoxy) is 3. The van der Waals surface area contributed by atoms with Crippen LogP contribution in [0.2, 0.25) is 0 Å². The summed E-state index contributed by atoms with van der Waals surface area (Å²) in [4.78, 5) is 23.1. The van der Waals surface area contributed by atoms with Crippen molar-refractivity contribution in [3.8, 4) is 0 Å². The van der Waals surface area contributed by atoms with Gasteiger partial charge in [-0.1, -0.05) is 0 Å². The summed E-state index contributed by atoms with van der Waals surface area (Å²) >= 11 is 3.64. The number of nitrogens with zero attached hydrogens (tertiary/aromatic N) is 4. The van der Waals surface area contributed by atoms with Gasteiger partial charge in [-0.05, 0) is 81.6 Å². The number of carbonyl (C=O) groups is 1. The van der Waals surface area contributed by atoms with E-state index in [-0.39, 0.29) is 24.3 Å². The molecule has 3 aliphatic rings. The molecular formula is C24H34BrN5O4. The molecule has 10 heteroatoms. The molecule has 0 spiro atoms. The van der Waals surface area contributed by atoms with Crippen molar-refractivity contribution in [3.63, 3.8) is 0 Å². The molecule has 0 radical (unpaired) electrons. The zero-order chi connectivity index (χ0) is 24.4. The van der Waals surface area contributed by atoms with Gasteiger partial charge in [0.1, 0.15) is 29.5 Å². The molecule has 2 N–H and O–H groups in total. The normalized spacial score (nSPS) is 29.5. The molecule has 9 nitrogen and oxygen atoms in total. The number of amides is 1. The Morgan fingerprint density at radius 1 is 1.21 bits per heavy atom. The summed E-state index contributed by atoms with van der Waals surface area (Å²) in [6, 6.07) is 0.0729. The minimum atomic E-state index is -0.641. The van der Waals surface area contributed by atoms with Crippen LogP contribution in [0.1, 0.15) is 59.9 Å². The lowest BCUT2D eigenvalue weighted by Crippen LogP contribution is -2.44. The van der Waals surface area contributed by atoms with Crippen molar-refractivity contribution in [2.24, 2.45) is 11.8 Å². The minimum Gasteiger partial charge on any atom is -0.444 e. The number of likely N-dealkylation sites (tertiary alicyclic amines) is 1. The largest absolute Gasteiger partial charge is 0.444 e. The molecule has 186 valence electrons. The summed E-state index contributed by atoms with van der Waals surface area (Å²) in [6.07, 6.45) is 6.01. The van der Waals surface area contributed by atoms with E-state index in [0.29, 0.717) is 30.7 Å². The molecule has 1 saturated carbocycles. The quantitative estimate of drug-likeness (QED) is 0.603. The van der Waals surface area contributed by atoms with Crippen molar-refractivity contribution < 1.29 is 19.0 Å². The number of carbonyl (C=O) groups excluding carboxylic acids is 1. The first kappa shape index (κ1) is 23.8. The van der Waals surface area contributed by atoms with E-state index in [0.717, 1.165) is 34.8 Å². The number of piperidine rings is 1. The van der Waals surface area contributed by atoms with Crippen molar-refractivity contribution in [3.05, 3.63) is 17.0 Å². The maximum absolute atomic E-state index is 12.5. The van der Waals surface area contributed by atoms with Gasteiger partial charge in [-0.15, -0.1) is 0 Å². The van der Waals surface area contributed by atoms with Gasteiger partial charge in [0.15, 0.2) is 5.79 Å². The van der Waals surface area contributed by atoms with Crippen LogP contribution in [-0.2, 0) is 14.2 Å². The fourth-order valence-electron chi connectivity index (χ4n) is 5.88. The molecule has 4 heterocycles. The highest BCUT2D eigenvalue weighted by Crippen LogP contribution is 2.52. The first-order valence-corrected chi connectivity index (χ1v) is 12.8. The van der Waals surface area contributed by atoms with E-state index in [1.54, 1.807) is 0 Å². The molecule has 2 saturated heterocycles. The number of nitrogen functional groups attached to an aromatic ring is 1. The predicted octanol–water partition coefficient (Wildman–Crippen LogP) is 4.50. The lowest BCUT2D eigenvalue weighted by molar-refractivity contribution is -0.163. The van der Waals surface area contributed by atoms with Crippen LogP contribution in [0, 0.1) is 11.8 Å². The number of nitrogens with two attached hydrogens (primary N) is 1. The summed E-state index contributed by atoms with van der Waals surface area (Å²) in [5.74, 6) is 0.587. The van der Waals surface area contributed by atoms with Gasteiger partial charge in [-0.3, -0.25) is 0 Å². The maximum Gasteiger partial charge on any atom is 0.410 e. The van der Waals surface area contributed by atoms with Crippen LogP contribution in [0.5, 0.6) is 0 Å². The van der Waals surface area contributed by atoms with E-state index >= 15 is 0 Å². The van der Waals surface area contributed by atoms with Crippen molar-refractivity contribution in [2.45, 2.75) is 83.5 Å². The molecule has 0 aromatic carbocycles. The molecule has 4 atom stereocenters. The number of fused-ring (bicyclic) bond motifs is 2. The lowest BCUT2D eigenvalue weighted by Gasteiger charge is -2.37. The molecule has 2 aliphatic heterocycles. The number of aromatic nitrogens is 3. The summed E-state index contributed by atoms with van der Waals surface area (Å²) < 4.78 is 21.5. The number of hydrogen-bond acceptors (Lipinski definition) is 7. The van der Waals surface area contributed by atoms with E-state index in [1.807, 2.05) is 45.7 Å². The zero-order valence-corrected chi connectivity index (χ0v) is 22.0. The molecule has 5 rings (SSSR count). The van der Waals surface area contributed by atoms with Crippen molar-refractivity contribution >= 4 is 38.9 Å². The zero-order valence-electron chi connectivity index (χ0n) is 20.5. The third kappa shape index (κ3) is 4.28. The second-order valence-electron chi connectivity index (χ2n) is 11.2. The van der Waals surface area contributed by atoms with Gasteiger partial charge in [0.2, 0.25) is 0 Å². The first-order valence-electron chi connectivity index (χ1n) is 12.0. The first-order chi connectivity index (χ1) is 15.9. The Morgan fingerprint density at radius 2 is 1.88 bits per heavy atom. The lowest BCUT2D eigenvalue weighted by atomic mass is 9.82. The Kier molecular flexibility index (Phi) is 5.84. The minimum absolute atomic E-state index is 0.00603. The van der Waals surface area contributed by atoms with Gasteiger partial charge in [-0.2, -0.15) is 0 Å². The second kappa shape index (κ2) is 8.34. The highest BCUT2D eigenvalue weighted by molar-refractivity contribution is 9.10. The Labute approximate surface area is 208 Å². The van der Waals surface area contributed by atoms with Crippen LogP contribution in [0.25, 0.3) is 11.0 Å². The van der Waals surface area contributed by atoms with Crippen LogP contribution in [0.3, 0.4) is 0 Å². The van der Waals surface area contributed by atoms with E-state index in [1.165, 1.54) is 6.33 Å². The number of hydrogen-bond donors (Lipinski definition) is 1. The maximum atomic E-state index is 12.5. The van der Waals surface area contributed by atoms with E-state index in [9.17, 15) is 4.79 Å². The van der Waals surface area contributed by atoms with Gasteiger partial charge >= 0.3 is 6.09 Å². The van der Waals surface area contributed by atoms with Crippen molar-refractivity contribution in [1.82, 2.24) is 19.4 Å². The van der Waals surface area contributed by atoms with Crippen LogP contribution >= 0.6 is 15.9 Å². The Balaban J connectivity index is 1.37. The highest BCUT2D eigenvalue weighted by atomic mass is 79.9. The molecule has 3 fully saturated rings. The average Bonchev–Trinajstić information content (AvgIpc) is 3.35. The fraction of sp³-hybridized carbons (Fsp3) is 0.708. The monoisotopic (exact) mass is 535 g/mol. The highest BCUT2D eigenvalue weighted by Gasteiger charge is 2.56. The molecular weight excluding hydrogens is 502 g/mol. The third-order valence-corrected chi connectivity index (χ3v) is 7.83. The van der Waals surface area contributed by atoms with Crippen LogP contribution in [-0.4, -0.2) is 62.2 Å². The summed E-state index contributed by atoms with van der Waals surface area (Å²) in [5, 5.41) is 0.825. The van der Waals surface area contributed by atoms with E-state index in [2.05, 4.69) is 30.5 Å². The van der Waals surface area contributed by atoms with E-state index < -0.39 is 11.4 Å². The second-order valence-corrected chi connectivity index (χ2v) is 12.0. The van der Waals surface area contributed by atoms with Crippen molar-refractivity contribution in [2.75, 3.05) is 18.8 Å². The molecule has 0 unspecified atom stereocenters. The van der Waals surface area contributed by atoms with Gasteiger partial charge in [0.25, 0.3) is 0 Å². The van der Waals surface area contributed by atoms with Crippen LogP contribution in [0.15, 0.2) is 17.0 Å². The summed E-state index contributed by atoms with van der Waals surface area (Å²) in [6.45, 7) is 11.1. The smallest absolute Gasteiger partial charge is 0.410 e. The molecule has 0 bridgehead atoms. The van der Waals surface area contributed by atoms with Gasteiger partial charge in [0.05, 0.1) is 17.5 Å². The standard InChI is InChI=1S/C24H34BrN5O4/c1-23(2,3)34-22(31)29-8-6-13(7-9-29)14-10-16(19-18(14)32-24(4,5)33-19)30-11-15(25)17-20(26)27-12-28-21(17)30/h11-14,16,18-19H,6-10H2,1-5H3,(H2,26,27,28)/t14-,16-,18-,19+/m1/s1. The predicted molar refractivity (Wildman–Crippen MR) is 131 cm³/mol. The van der Waals surface area contributed by atoms with Crippen molar-refractivity contribution in [1.29, 1.82) is 0 Å². The number of halogens is 1. The summed E-state index contributed by atoms with van der Waals surface area (Å²) in [5.41, 5.74) is 6.46. The summed E-state index contributed by atoms with van der Waals surface area (Å²) in [7, 11) is 0. The molecule has 1 aliphatic carbocycles. The Bertz CT molecular complexity index is 1090. The molecule has 1 amide bonds. The Hall–Kier alpha value is -1.91. The average molecular weight is 536 g/mol. The molecule has 34 heavy (non-hydrogen) atoms. The third-order valence-electron chi connectivity index (χ3n) is 7.22. The SMILES string of the molecule is CC(C)(C)OC(=O)N1CCC([C@H]2C[C@@H](n3cc(Br)c4c(N)ncnc43)[C@@H]3OC(C)(C)O[C@@H]32)CC1. The van der Waals surface area contributed by atoms with Gasteiger partial charge in [-0.25, -0.2) is 14.8 Å². The van der Waals surface area contributed by atoms with Gasteiger partial charge < -0.3 is 29.4 Å². The van der Waals surface area contributed by atoms with Crippen LogP contribution < -0.4 is 5.73 Å². The fourth-order valence-corrected chi connectivity index (χ4v) is 6.48. The Morgan fingerprint density at radius 3 is 2.56 bits per heavy atom. The van der Waals surface area contributed by atoms with Gasteiger partial charge in [0, 0.05) is 23.8 Å². The molecule has 2 aromatic rings. The van der Waals surface area contributed by atoms with Crippen LogP contribution in [0.4, 0.5) is 10.6 Å². The molecule has 2 aromatic heterocycles.